The molecule has 3 rings (SSSR count). The van der Waals surface area contributed by atoms with Crippen LogP contribution in [-0.4, -0.2) is 11.0 Å². The van der Waals surface area contributed by atoms with Crippen molar-refractivity contribution in [3.63, 3.8) is 0 Å². The fraction of sp³-hybridized carbons (Fsp3) is 0.0588. The summed E-state index contributed by atoms with van der Waals surface area (Å²) in [6.07, 6.45) is 3.36. The van der Waals surface area contributed by atoms with Crippen LogP contribution in [0.4, 0.5) is 0 Å². The Labute approximate surface area is 143 Å². The second-order valence-corrected chi connectivity index (χ2v) is 5.46. The van der Waals surface area contributed by atoms with Crippen molar-refractivity contribution in [3.8, 4) is 5.75 Å². The summed E-state index contributed by atoms with van der Waals surface area (Å²) in [4.78, 5) is 15.5. The molecule has 2 heterocycles. The van der Waals surface area contributed by atoms with Crippen molar-refractivity contribution in [2.24, 2.45) is 0 Å². The van der Waals surface area contributed by atoms with Crippen LogP contribution in [0.15, 0.2) is 64.5 Å². The molecule has 6 heteroatoms. The van der Waals surface area contributed by atoms with Gasteiger partial charge in [0, 0.05) is 6.20 Å². The Morgan fingerprint density at radius 2 is 1.87 bits per heavy atom. The van der Waals surface area contributed by atoms with Crippen LogP contribution in [0, 0.1) is 0 Å². The van der Waals surface area contributed by atoms with E-state index in [2.05, 4.69) is 4.98 Å². The molecule has 2 aromatic rings. The lowest BCUT2D eigenvalue weighted by atomic mass is 10.2. The van der Waals surface area contributed by atoms with E-state index in [1.54, 1.807) is 12.3 Å². The summed E-state index contributed by atoms with van der Waals surface area (Å²) in [5.41, 5.74) is 1.66. The lowest BCUT2D eigenvalue weighted by Gasteiger charge is -2.06. The fourth-order valence-corrected chi connectivity index (χ4v) is 2.23. The Kier molecular flexibility index (Phi) is 4.65. The first kappa shape index (κ1) is 15.6. The third-order valence-electron chi connectivity index (χ3n) is 3.08. The summed E-state index contributed by atoms with van der Waals surface area (Å²) in [6.45, 7) is 0.392. The van der Waals surface area contributed by atoms with Crippen molar-refractivity contribution in [1.82, 2.24) is 4.98 Å². The number of halogens is 2. The highest BCUT2D eigenvalue weighted by atomic mass is 35.5. The van der Waals surface area contributed by atoms with Gasteiger partial charge in [-0.3, -0.25) is 4.98 Å². The van der Waals surface area contributed by atoms with Gasteiger partial charge in [-0.25, -0.2) is 4.79 Å². The van der Waals surface area contributed by atoms with Gasteiger partial charge in [0.1, 0.15) is 22.4 Å². The van der Waals surface area contributed by atoms with Gasteiger partial charge in [0.25, 0.3) is 0 Å². The molecule has 0 radical (unpaired) electrons. The van der Waals surface area contributed by atoms with Crippen molar-refractivity contribution in [3.05, 3.63) is 75.7 Å². The molecule has 1 aromatic carbocycles. The van der Waals surface area contributed by atoms with Crippen LogP contribution in [0.2, 0.25) is 0 Å². The SMILES string of the molecule is O=C1O/C(=C\c2ccc(OCc3ccccn3)cc2)C(Cl)=C1Cl. The van der Waals surface area contributed by atoms with E-state index >= 15 is 0 Å². The van der Waals surface area contributed by atoms with Gasteiger partial charge in [0.05, 0.1) is 5.69 Å². The molecule has 0 amide bonds. The van der Waals surface area contributed by atoms with E-state index in [9.17, 15) is 4.79 Å². The van der Waals surface area contributed by atoms with Crippen LogP contribution >= 0.6 is 23.2 Å². The number of hydrogen-bond acceptors (Lipinski definition) is 4. The first-order chi connectivity index (χ1) is 11.1. The number of carbonyl (C=O) groups excluding carboxylic acids is 1. The summed E-state index contributed by atoms with van der Waals surface area (Å²) >= 11 is 11.6. The predicted octanol–water partition coefficient (Wildman–Crippen LogP) is 4.25. The topological polar surface area (TPSA) is 48.4 Å². The van der Waals surface area contributed by atoms with Crippen LogP contribution in [-0.2, 0) is 16.1 Å². The highest BCUT2D eigenvalue weighted by molar-refractivity contribution is 6.50. The summed E-state index contributed by atoms with van der Waals surface area (Å²) in [6, 6.07) is 12.9. The van der Waals surface area contributed by atoms with E-state index in [-0.39, 0.29) is 15.8 Å². The van der Waals surface area contributed by atoms with E-state index in [1.807, 2.05) is 42.5 Å². The van der Waals surface area contributed by atoms with E-state index in [0.29, 0.717) is 12.4 Å². The van der Waals surface area contributed by atoms with Gasteiger partial charge in [-0.05, 0) is 35.9 Å². The highest BCUT2D eigenvalue weighted by Crippen LogP contribution is 2.33. The summed E-state index contributed by atoms with van der Waals surface area (Å²) in [7, 11) is 0. The maximum atomic E-state index is 11.3. The number of aromatic nitrogens is 1. The number of cyclic esters (lactones) is 1. The third kappa shape index (κ3) is 3.73. The number of esters is 1. The van der Waals surface area contributed by atoms with Gasteiger partial charge < -0.3 is 9.47 Å². The molecule has 0 fully saturated rings. The molecule has 0 spiro atoms. The number of carbonyl (C=O) groups is 1. The number of nitrogens with zero attached hydrogens (tertiary/aromatic N) is 1. The Morgan fingerprint density at radius 3 is 2.48 bits per heavy atom. The van der Waals surface area contributed by atoms with E-state index in [0.717, 1.165) is 11.3 Å². The average molecular weight is 348 g/mol. The van der Waals surface area contributed by atoms with Crippen LogP contribution in [0.1, 0.15) is 11.3 Å². The molecule has 0 saturated heterocycles. The Bertz CT molecular complexity index is 783. The zero-order valence-electron chi connectivity index (χ0n) is 11.8. The van der Waals surface area contributed by atoms with E-state index in [1.165, 1.54) is 0 Å². The van der Waals surface area contributed by atoms with E-state index < -0.39 is 5.97 Å². The number of ether oxygens (including phenoxy) is 2. The summed E-state index contributed by atoms with van der Waals surface area (Å²) in [5.74, 6) is 0.308. The third-order valence-corrected chi connectivity index (χ3v) is 3.90. The van der Waals surface area contributed by atoms with E-state index in [4.69, 9.17) is 32.7 Å². The first-order valence-corrected chi connectivity index (χ1v) is 7.51. The Morgan fingerprint density at radius 1 is 1.09 bits per heavy atom. The minimum Gasteiger partial charge on any atom is -0.487 e. The van der Waals surface area contributed by atoms with Crippen LogP contribution in [0.3, 0.4) is 0 Å². The normalized spacial score (nSPS) is 15.9. The first-order valence-electron chi connectivity index (χ1n) is 6.76. The van der Waals surface area contributed by atoms with Crippen molar-refractivity contribution in [2.45, 2.75) is 6.61 Å². The summed E-state index contributed by atoms with van der Waals surface area (Å²) < 4.78 is 10.6. The monoisotopic (exact) mass is 347 g/mol. The second kappa shape index (κ2) is 6.86. The molecule has 0 unspecified atom stereocenters. The molecule has 0 N–H and O–H groups in total. The maximum absolute atomic E-state index is 11.3. The minimum atomic E-state index is -0.641. The smallest absolute Gasteiger partial charge is 0.356 e. The lowest BCUT2D eigenvalue weighted by molar-refractivity contribution is -0.132. The molecule has 1 aliphatic rings. The van der Waals surface area contributed by atoms with Gasteiger partial charge in [-0.2, -0.15) is 0 Å². The fourth-order valence-electron chi connectivity index (χ4n) is 1.93. The zero-order valence-corrected chi connectivity index (χ0v) is 13.3. The lowest BCUT2D eigenvalue weighted by Crippen LogP contribution is -1.97. The van der Waals surface area contributed by atoms with Gasteiger partial charge in [0.15, 0.2) is 5.76 Å². The molecule has 4 nitrogen and oxygen atoms in total. The molecule has 0 aliphatic carbocycles. The molecular weight excluding hydrogens is 337 g/mol. The standard InChI is InChI=1S/C17H11Cl2NO3/c18-15-14(23-17(21)16(15)19)9-11-4-6-13(7-5-11)22-10-12-3-1-2-8-20-12/h1-9H,10H2/b14-9-. The van der Waals surface area contributed by atoms with Crippen molar-refractivity contribution >= 4 is 35.2 Å². The number of hydrogen-bond donors (Lipinski definition) is 0. The Balaban J connectivity index is 1.67. The van der Waals surface area contributed by atoms with Gasteiger partial charge in [0.2, 0.25) is 0 Å². The molecule has 23 heavy (non-hydrogen) atoms. The van der Waals surface area contributed by atoms with Gasteiger partial charge >= 0.3 is 5.97 Å². The number of allylic oxidation sites excluding steroid dienone is 1. The maximum Gasteiger partial charge on any atom is 0.356 e. The molecule has 1 aliphatic heterocycles. The highest BCUT2D eigenvalue weighted by Gasteiger charge is 2.27. The number of benzene rings is 1. The van der Waals surface area contributed by atoms with Crippen LogP contribution < -0.4 is 4.74 Å². The minimum absolute atomic E-state index is 0.103. The van der Waals surface area contributed by atoms with Gasteiger partial charge in [-0.1, -0.05) is 41.4 Å². The molecule has 0 atom stereocenters. The quantitative estimate of drug-likeness (QED) is 0.775. The molecule has 0 bridgehead atoms. The van der Waals surface area contributed by atoms with Crippen molar-refractivity contribution in [2.75, 3.05) is 0 Å². The van der Waals surface area contributed by atoms with Crippen molar-refractivity contribution in [1.29, 1.82) is 0 Å². The Hall–Kier alpha value is -2.30. The van der Waals surface area contributed by atoms with Crippen LogP contribution in [0.5, 0.6) is 5.75 Å². The molecular formula is C17H11Cl2NO3. The predicted molar refractivity (Wildman–Crippen MR) is 87.8 cm³/mol. The summed E-state index contributed by atoms with van der Waals surface area (Å²) in [5, 5.41) is 0.0142. The number of pyridine rings is 1. The largest absolute Gasteiger partial charge is 0.487 e. The van der Waals surface area contributed by atoms with Crippen molar-refractivity contribution < 1.29 is 14.3 Å². The average Bonchev–Trinajstić information content (AvgIpc) is 2.82. The van der Waals surface area contributed by atoms with Crippen LogP contribution in [0.25, 0.3) is 6.08 Å². The van der Waals surface area contributed by atoms with Gasteiger partial charge in [-0.15, -0.1) is 0 Å². The number of rotatable bonds is 4. The second-order valence-electron chi connectivity index (χ2n) is 4.70. The molecule has 116 valence electrons. The zero-order chi connectivity index (χ0) is 16.2. The molecule has 0 saturated carbocycles. The molecule has 1 aromatic heterocycles.